The lowest BCUT2D eigenvalue weighted by atomic mass is 10.2. The van der Waals surface area contributed by atoms with Gasteiger partial charge in [-0.1, -0.05) is 18.2 Å². The van der Waals surface area contributed by atoms with Crippen molar-refractivity contribution in [3.8, 4) is 0 Å². The second-order valence-electron chi connectivity index (χ2n) is 6.23. The van der Waals surface area contributed by atoms with E-state index in [2.05, 4.69) is 51.7 Å². The summed E-state index contributed by atoms with van der Waals surface area (Å²) in [6.45, 7) is 6.87. The number of hydrogen-bond acceptors (Lipinski definition) is 4. The van der Waals surface area contributed by atoms with Crippen LogP contribution in [0.5, 0.6) is 0 Å². The molecule has 0 radical (unpaired) electrons. The zero-order valence-electron chi connectivity index (χ0n) is 16.2. The molecule has 0 amide bonds. The van der Waals surface area contributed by atoms with Crippen LogP contribution in [0.1, 0.15) is 26.7 Å². The predicted octanol–water partition coefficient (Wildman–Crippen LogP) is 2.51. The summed E-state index contributed by atoms with van der Waals surface area (Å²) in [5, 5.41) is 6.53. The lowest BCUT2D eigenvalue weighted by Crippen LogP contribution is -2.43. The smallest absolute Gasteiger partial charge is 0.191 e. The first-order chi connectivity index (χ1) is 11.9. The number of sulfone groups is 1. The molecule has 1 atom stereocenters. The molecule has 0 saturated heterocycles. The van der Waals surface area contributed by atoms with Gasteiger partial charge in [0, 0.05) is 44.7 Å². The third-order valence-corrected chi connectivity index (χ3v) is 4.91. The van der Waals surface area contributed by atoms with E-state index in [1.807, 2.05) is 13.0 Å². The maximum absolute atomic E-state index is 11.2. The van der Waals surface area contributed by atoms with E-state index in [4.69, 9.17) is 0 Å². The largest absolute Gasteiger partial charge is 0.372 e. The number of para-hydroxylation sites is 1. The van der Waals surface area contributed by atoms with Gasteiger partial charge in [0.05, 0.1) is 5.75 Å². The number of rotatable bonds is 10. The second kappa shape index (κ2) is 13.2. The van der Waals surface area contributed by atoms with Gasteiger partial charge in [0.15, 0.2) is 5.96 Å². The summed E-state index contributed by atoms with van der Waals surface area (Å²) in [4.78, 5) is 6.54. The summed E-state index contributed by atoms with van der Waals surface area (Å²) in [6.07, 6.45) is 2.82. The average molecular weight is 496 g/mol. The molecule has 26 heavy (non-hydrogen) atoms. The zero-order valence-corrected chi connectivity index (χ0v) is 19.4. The molecular formula is C18H33IN4O2S. The molecule has 0 aliphatic carbocycles. The maximum atomic E-state index is 11.2. The number of anilines is 1. The molecule has 1 aromatic rings. The number of guanidine groups is 1. The van der Waals surface area contributed by atoms with Crippen molar-refractivity contribution in [2.45, 2.75) is 32.7 Å². The quantitative estimate of drug-likeness (QED) is 0.226. The highest BCUT2D eigenvalue weighted by atomic mass is 127. The second-order valence-corrected chi connectivity index (χ2v) is 8.49. The molecule has 0 heterocycles. The van der Waals surface area contributed by atoms with Crippen LogP contribution in [0.25, 0.3) is 0 Å². The molecule has 8 heteroatoms. The third-order valence-electron chi connectivity index (χ3n) is 3.93. The Labute approximate surface area is 175 Å². The van der Waals surface area contributed by atoms with Gasteiger partial charge in [-0.05, 0) is 38.8 Å². The van der Waals surface area contributed by atoms with Gasteiger partial charge in [-0.25, -0.2) is 8.42 Å². The first-order valence-corrected chi connectivity index (χ1v) is 10.9. The highest BCUT2D eigenvalue weighted by Gasteiger charge is 2.09. The Hall–Kier alpha value is -1.03. The van der Waals surface area contributed by atoms with Crippen molar-refractivity contribution in [3.05, 3.63) is 30.3 Å². The van der Waals surface area contributed by atoms with E-state index in [0.717, 1.165) is 26.1 Å². The van der Waals surface area contributed by atoms with E-state index in [0.29, 0.717) is 12.4 Å². The van der Waals surface area contributed by atoms with Gasteiger partial charge >= 0.3 is 0 Å². The Morgan fingerprint density at radius 3 is 2.46 bits per heavy atom. The van der Waals surface area contributed by atoms with Gasteiger partial charge in [0.25, 0.3) is 0 Å². The predicted molar refractivity (Wildman–Crippen MR) is 123 cm³/mol. The van der Waals surface area contributed by atoms with Crippen LogP contribution in [0.3, 0.4) is 0 Å². The Balaban J connectivity index is 0.00000625. The molecule has 0 saturated carbocycles. The van der Waals surface area contributed by atoms with Gasteiger partial charge in [-0.2, -0.15) is 0 Å². The first kappa shape index (κ1) is 25.0. The molecule has 0 fully saturated rings. The van der Waals surface area contributed by atoms with Crippen molar-refractivity contribution >= 4 is 45.5 Å². The van der Waals surface area contributed by atoms with E-state index >= 15 is 0 Å². The van der Waals surface area contributed by atoms with Gasteiger partial charge in [0.2, 0.25) is 0 Å². The molecule has 0 spiro atoms. The summed E-state index contributed by atoms with van der Waals surface area (Å²) in [5.74, 6) is 0.893. The van der Waals surface area contributed by atoms with Crippen molar-refractivity contribution in [2.24, 2.45) is 4.99 Å². The molecule has 0 aliphatic heterocycles. The summed E-state index contributed by atoms with van der Waals surface area (Å²) in [5.41, 5.74) is 1.24. The van der Waals surface area contributed by atoms with Gasteiger partial charge in [-0.15, -0.1) is 24.0 Å². The van der Waals surface area contributed by atoms with Crippen molar-refractivity contribution in [1.82, 2.24) is 10.6 Å². The minimum absolute atomic E-state index is 0. The lowest BCUT2D eigenvalue weighted by molar-refractivity contribution is 0.580. The van der Waals surface area contributed by atoms with E-state index in [-0.39, 0.29) is 35.8 Å². The Morgan fingerprint density at radius 2 is 1.92 bits per heavy atom. The summed E-state index contributed by atoms with van der Waals surface area (Å²) in [7, 11) is -1.20. The standard InChI is InChI=1S/C18H32N4O2S.HI/c1-5-22(17-10-7-6-8-11-17)14-9-13-20-18(19-3)21-16(2)12-15-25(4,23)24;/h6-8,10-11,16H,5,9,12-15H2,1-4H3,(H2,19,20,21);1H. The van der Waals surface area contributed by atoms with E-state index in [1.165, 1.54) is 11.9 Å². The molecule has 0 aliphatic rings. The van der Waals surface area contributed by atoms with Crippen molar-refractivity contribution in [3.63, 3.8) is 0 Å². The summed E-state index contributed by atoms with van der Waals surface area (Å²) >= 11 is 0. The monoisotopic (exact) mass is 496 g/mol. The molecule has 150 valence electrons. The van der Waals surface area contributed by atoms with Crippen LogP contribution in [-0.2, 0) is 9.84 Å². The highest BCUT2D eigenvalue weighted by Crippen LogP contribution is 2.12. The fourth-order valence-corrected chi connectivity index (χ4v) is 3.26. The van der Waals surface area contributed by atoms with Crippen molar-refractivity contribution in [2.75, 3.05) is 43.6 Å². The molecular weight excluding hydrogens is 463 g/mol. The van der Waals surface area contributed by atoms with Gasteiger partial charge < -0.3 is 15.5 Å². The summed E-state index contributed by atoms with van der Waals surface area (Å²) in [6, 6.07) is 10.4. The maximum Gasteiger partial charge on any atom is 0.191 e. The minimum atomic E-state index is -2.93. The van der Waals surface area contributed by atoms with Crippen LogP contribution in [0, 0.1) is 0 Å². The number of hydrogen-bond donors (Lipinski definition) is 2. The zero-order chi connectivity index (χ0) is 18.7. The minimum Gasteiger partial charge on any atom is -0.372 e. The Bertz CT molecular complexity index is 623. The first-order valence-electron chi connectivity index (χ1n) is 8.80. The number of aliphatic imine (C=N–C) groups is 1. The highest BCUT2D eigenvalue weighted by molar-refractivity contribution is 14.0. The molecule has 6 nitrogen and oxygen atoms in total. The van der Waals surface area contributed by atoms with Crippen molar-refractivity contribution < 1.29 is 8.42 Å². The summed E-state index contributed by atoms with van der Waals surface area (Å²) < 4.78 is 22.5. The van der Waals surface area contributed by atoms with Crippen LogP contribution in [0.4, 0.5) is 5.69 Å². The number of benzene rings is 1. The average Bonchev–Trinajstić information content (AvgIpc) is 2.59. The van der Waals surface area contributed by atoms with E-state index in [1.54, 1.807) is 7.05 Å². The van der Waals surface area contributed by atoms with Crippen LogP contribution < -0.4 is 15.5 Å². The normalized spacial score (nSPS) is 12.8. The topological polar surface area (TPSA) is 73.8 Å². The van der Waals surface area contributed by atoms with Crippen LogP contribution in [0.2, 0.25) is 0 Å². The van der Waals surface area contributed by atoms with Gasteiger partial charge in [-0.3, -0.25) is 4.99 Å². The SMILES string of the molecule is CCN(CCCNC(=NC)NC(C)CCS(C)(=O)=O)c1ccccc1.I. The van der Waals surface area contributed by atoms with Crippen LogP contribution >= 0.6 is 24.0 Å². The van der Waals surface area contributed by atoms with Crippen LogP contribution in [0.15, 0.2) is 35.3 Å². The number of nitrogens with one attached hydrogen (secondary N) is 2. The van der Waals surface area contributed by atoms with Gasteiger partial charge in [0.1, 0.15) is 9.84 Å². The number of nitrogens with zero attached hydrogens (tertiary/aromatic N) is 2. The third kappa shape index (κ3) is 10.8. The fourth-order valence-electron chi connectivity index (χ4n) is 2.48. The molecule has 2 N–H and O–H groups in total. The molecule has 0 aromatic heterocycles. The van der Waals surface area contributed by atoms with E-state index in [9.17, 15) is 8.42 Å². The Kier molecular flexibility index (Phi) is 12.7. The van der Waals surface area contributed by atoms with Crippen molar-refractivity contribution in [1.29, 1.82) is 0 Å². The van der Waals surface area contributed by atoms with E-state index < -0.39 is 9.84 Å². The fraction of sp³-hybridized carbons (Fsp3) is 0.611. The van der Waals surface area contributed by atoms with Crippen LogP contribution in [-0.4, -0.2) is 59.1 Å². The molecule has 1 unspecified atom stereocenters. The molecule has 1 rings (SSSR count). The lowest BCUT2D eigenvalue weighted by Gasteiger charge is -2.23. The number of halogens is 1. The Morgan fingerprint density at radius 1 is 1.27 bits per heavy atom. The molecule has 0 bridgehead atoms. The molecule has 1 aromatic carbocycles.